The van der Waals surface area contributed by atoms with Crippen molar-refractivity contribution in [3.63, 3.8) is 0 Å². The first-order valence-corrected chi connectivity index (χ1v) is 8.45. The van der Waals surface area contributed by atoms with Gasteiger partial charge in [-0.2, -0.15) is 0 Å². The van der Waals surface area contributed by atoms with E-state index in [0.29, 0.717) is 11.5 Å². The third kappa shape index (κ3) is 3.55. The van der Waals surface area contributed by atoms with Crippen molar-refractivity contribution in [3.8, 4) is 0 Å². The summed E-state index contributed by atoms with van der Waals surface area (Å²) in [5.74, 6) is 0.297. The molecule has 6 nitrogen and oxygen atoms in total. The highest BCUT2D eigenvalue weighted by molar-refractivity contribution is 7.89. The average molecular weight is 323 g/mol. The number of rotatable bonds is 6. The van der Waals surface area contributed by atoms with Gasteiger partial charge in [0.15, 0.2) is 5.76 Å². The van der Waals surface area contributed by atoms with Gasteiger partial charge in [0.2, 0.25) is 10.0 Å². The summed E-state index contributed by atoms with van der Waals surface area (Å²) < 4.78 is 32.5. The van der Waals surface area contributed by atoms with Crippen LogP contribution < -0.4 is 4.72 Å². The predicted molar refractivity (Wildman–Crippen MR) is 84.0 cm³/mol. The lowest BCUT2D eigenvalue weighted by Gasteiger charge is -2.25. The van der Waals surface area contributed by atoms with Gasteiger partial charge in [-0.15, -0.1) is 0 Å². The van der Waals surface area contributed by atoms with E-state index in [1.807, 2.05) is 49.3 Å². The van der Waals surface area contributed by atoms with Gasteiger partial charge in [0.25, 0.3) is 0 Å². The predicted octanol–water partition coefficient (Wildman–Crippen LogP) is 1.87. The van der Waals surface area contributed by atoms with E-state index in [9.17, 15) is 8.42 Å². The first-order valence-electron chi connectivity index (χ1n) is 6.97. The molecule has 120 valence electrons. The maximum Gasteiger partial charge on any atom is 0.246 e. The van der Waals surface area contributed by atoms with E-state index in [-0.39, 0.29) is 17.5 Å². The molecule has 1 unspecified atom stereocenters. The highest BCUT2D eigenvalue weighted by atomic mass is 32.2. The van der Waals surface area contributed by atoms with Gasteiger partial charge in [-0.3, -0.25) is 0 Å². The Bertz CT molecular complexity index is 704. The van der Waals surface area contributed by atoms with Crippen molar-refractivity contribution in [2.75, 3.05) is 20.6 Å². The largest absolute Gasteiger partial charge is 0.360 e. The Hall–Kier alpha value is -1.70. The van der Waals surface area contributed by atoms with Crippen LogP contribution in [0, 0.1) is 13.8 Å². The molecule has 1 heterocycles. The molecule has 1 aromatic heterocycles. The molecule has 0 saturated carbocycles. The molecule has 0 amide bonds. The molecule has 0 fully saturated rings. The summed E-state index contributed by atoms with van der Waals surface area (Å²) in [7, 11) is 0.189. The molecule has 0 aliphatic rings. The van der Waals surface area contributed by atoms with E-state index >= 15 is 0 Å². The van der Waals surface area contributed by atoms with Crippen molar-refractivity contribution < 1.29 is 12.9 Å². The van der Waals surface area contributed by atoms with Crippen LogP contribution in [0.25, 0.3) is 0 Å². The molecule has 0 spiro atoms. The molecular weight excluding hydrogens is 302 g/mol. The Labute approximate surface area is 131 Å². The van der Waals surface area contributed by atoms with E-state index in [2.05, 4.69) is 9.88 Å². The monoisotopic (exact) mass is 323 g/mol. The second-order valence-corrected chi connectivity index (χ2v) is 7.10. The normalized spacial score (nSPS) is 13.5. The number of aromatic nitrogens is 1. The molecule has 0 bridgehead atoms. The van der Waals surface area contributed by atoms with Crippen LogP contribution in [-0.2, 0) is 10.0 Å². The molecule has 1 N–H and O–H groups in total. The third-order valence-corrected chi connectivity index (χ3v) is 5.18. The van der Waals surface area contributed by atoms with Crippen LogP contribution >= 0.6 is 0 Å². The molecule has 2 rings (SSSR count). The van der Waals surface area contributed by atoms with Gasteiger partial charge in [-0.25, -0.2) is 13.1 Å². The number of sulfonamides is 1. The van der Waals surface area contributed by atoms with Crippen LogP contribution in [0.15, 0.2) is 39.8 Å². The lowest BCUT2D eigenvalue weighted by atomic mass is 10.1. The van der Waals surface area contributed by atoms with Crippen LogP contribution in [0.4, 0.5) is 0 Å². The Morgan fingerprint density at radius 1 is 1.23 bits per heavy atom. The van der Waals surface area contributed by atoms with Crippen LogP contribution in [0.3, 0.4) is 0 Å². The average Bonchev–Trinajstić information content (AvgIpc) is 2.79. The molecule has 0 aliphatic carbocycles. The minimum atomic E-state index is -3.65. The summed E-state index contributed by atoms with van der Waals surface area (Å²) in [6, 6.07) is 9.72. The number of nitrogens with zero attached hydrogens (tertiary/aromatic N) is 2. The molecule has 1 aromatic carbocycles. The van der Waals surface area contributed by atoms with E-state index in [0.717, 1.165) is 5.56 Å². The van der Waals surface area contributed by atoms with Crippen molar-refractivity contribution in [3.05, 3.63) is 47.3 Å². The Morgan fingerprint density at radius 3 is 2.36 bits per heavy atom. The molecule has 0 saturated heterocycles. The van der Waals surface area contributed by atoms with Gasteiger partial charge in [-0.1, -0.05) is 35.5 Å². The second-order valence-electron chi connectivity index (χ2n) is 5.40. The first-order chi connectivity index (χ1) is 10.3. The summed E-state index contributed by atoms with van der Waals surface area (Å²) in [6.07, 6.45) is 0. The molecule has 0 radical (unpaired) electrons. The van der Waals surface area contributed by atoms with Crippen LogP contribution in [0.1, 0.15) is 23.1 Å². The lowest BCUT2D eigenvalue weighted by molar-refractivity contribution is 0.299. The number of aryl methyl sites for hydroxylation is 2. The zero-order valence-electron chi connectivity index (χ0n) is 13.2. The zero-order valence-corrected chi connectivity index (χ0v) is 14.0. The van der Waals surface area contributed by atoms with Crippen molar-refractivity contribution in [2.45, 2.75) is 24.8 Å². The van der Waals surface area contributed by atoms with Gasteiger partial charge in [0.1, 0.15) is 10.6 Å². The fraction of sp³-hybridized carbons (Fsp3) is 0.400. The third-order valence-electron chi connectivity index (χ3n) is 3.51. The van der Waals surface area contributed by atoms with E-state index in [1.54, 1.807) is 13.8 Å². The van der Waals surface area contributed by atoms with Gasteiger partial charge >= 0.3 is 0 Å². The molecule has 22 heavy (non-hydrogen) atoms. The second kappa shape index (κ2) is 6.60. The van der Waals surface area contributed by atoms with Crippen LogP contribution in [-0.4, -0.2) is 39.1 Å². The molecule has 1 atom stereocenters. The van der Waals surface area contributed by atoms with Gasteiger partial charge in [0, 0.05) is 12.6 Å². The summed E-state index contributed by atoms with van der Waals surface area (Å²) in [5, 5.41) is 3.70. The van der Waals surface area contributed by atoms with Gasteiger partial charge in [-0.05, 0) is 33.5 Å². The molecule has 2 aromatic rings. The number of nitrogens with one attached hydrogen (secondary N) is 1. The summed E-state index contributed by atoms with van der Waals surface area (Å²) in [6.45, 7) is 3.48. The number of hydrogen-bond donors (Lipinski definition) is 1. The highest BCUT2D eigenvalue weighted by Gasteiger charge is 2.25. The summed E-state index contributed by atoms with van der Waals surface area (Å²) in [5.41, 5.74) is 1.42. The quantitative estimate of drug-likeness (QED) is 0.878. The van der Waals surface area contributed by atoms with Crippen molar-refractivity contribution in [2.24, 2.45) is 0 Å². The van der Waals surface area contributed by atoms with E-state index in [4.69, 9.17) is 4.52 Å². The Balaban J connectivity index is 2.20. The molecule has 0 aliphatic heterocycles. The topological polar surface area (TPSA) is 75.4 Å². The molecular formula is C15H21N3O3S. The van der Waals surface area contributed by atoms with Crippen LogP contribution in [0.5, 0.6) is 0 Å². The summed E-state index contributed by atoms with van der Waals surface area (Å²) in [4.78, 5) is 2.10. The standard InChI is InChI=1S/C15H21N3O3S/c1-11-15(12(2)21-17-11)22(19,20)16-10-14(18(3)4)13-8-6-5-7-9-13/h5-9,14,16H,10H2,1-4H3. The van der Waals surface area contributed by atoms with Crippen molar-refractivity contribution >= 4 is 10.0 Å². The fourth-order valence-corrected chi connectivity index (χ4v) is 3.76. The first kappa shape index (κ1) is 16.7. The van der Waals surface area contributed by atoms with E-state index < -0.39 is 10.0 Å². The van der Waals surface area contributed by atoms with Crippen molar-refractivity contribution in [1.29, 1.82) is 0 Å². The molecule has 7 heteroatoms. The minimum Gasteiger partial charge on any atom is -0.360 e. The SMILES string of the molecule is Cc1noc(C)c1S(=O)(=O)NCC(c1ccccc1)N(C)C. The summed E-state index contributed by atoms with van der Waals surface area (Å²) >= 11 is 0. The number of likely N-dealkylation sites (N-methyl/N-ethyl adjacent to an activating group) is 1. The lowest BCUT2D eigenvalue weighted by Crippen LogP contribution is -2.34. The smallest absolute Gasteiger partial charge is 0.246 e. The minimum absolute atomic E-state index is 0.0588. The number of hydrogen-bond acceptors (Lipinski definition) is 5. The van der Waals surface area contributed by atoms with Crippen LogP contribution in [0.2, 0.25) is 0 Å². The maximum atomic E-state index is 12.5. The fourth-order valence-electron chi connectivity index (χ4n) is 2.39. The zero-order chi connectivity index (χ0) is 16.3. The van der Waals surface area contributed by atoms with Crippen molar-refractivity contribution in [1.82, 2.24) is 14.8 Å². The maximum absolute atomic E-state index is 12.5. The highest BCUT2D eigenvalue weighted by Crippen LogP contribution is 2.21. The van der Waals surface area contributed by atoms with E-state index in [1.165, 1.54) is 0 Å². The Kier molecular flexibility index (Phi) is 5.00. The Morgan fingerprint density at radius 2 is 1.86 bits per heavy atom. The number of benzene rings is 1. The van der Waals surface area contributed by atoms with Gasteiger partial charge in [0.05, 0.1) is 0 Å². The van der Waals surface area contributed by atoms with Gasteiger partial charge < -0.3 is 9.42 Å².